The Hall–Kier alpha value is -1.60. The number of rotatable bonds is 16. The van der Waals surface area contributed by atoms with Gasteiger partial charge in [-0.15, -0.1) is 0 Å². The second kappa shape index (κ2) is 21.7. The van der Waals surface area contributed by atoms with E-state index >= 15 is 0 Å². The van der Waals surface area contributed by atoms with Gasteiger partial charge in [-0.3, -0.25) is 0 Å². The van der Waals surface area contributed by atoms with Crippen LogP contribution in [0.15, 0.2) is 49.4 Å². The molecule has 0 fully saturated rings. The van der Waals surface area contributed by atoms with Crippen molar-refractivity contribution in [3.05, 3.63) is 49.4 Å². The number of hydrogen-bond donors (Lipinski definition) is 0. The first kappa shape index (κ1) is 28.6. The number of hydrogen-bond acceptors (Lipinski definition) is 6. The van der Waals surface area contributed by atoms with Crippen molar-refractivity contribution in [2.75, 3.05) is 40.6 Å². The van der Waals surface area contributed by atoms with Crippen LogP contribution >= 0.6 is 0 Å². The molecule has 0 amide bonds. The molecule has 0 spiro atoms. The van der Waals surface area contributed by atoms with E-state index < -0.39 is 0 Å². The Balaban J connectivity index is 0. The molecule has 0 saturated carbocycles. The van der Waals surface area contributed by atoms with Crippen LogP contribution in [0.25, 0.3) is 0 Å². The standard InChI is InChI=1S/C12H22O3.C10H18O3/c1-5-13-9-7-11(3)15-12(4)8-10-14-6-2;1-9(11-3)5-7-13-8-6-10(2)12-4/h3-10H2,1-2H3;5-10H,1-4H3/b;7-5+,8-6+. The first-order valence-electron chi connectivity index (χ1n) is 9.64. The van der Waals surface area contributed by atoms with Crippen molar-refractivity contribution in [3.8, 4) is 0 Å². The molecule has 164 valence electrons. The van der Waals surface area contributed by atoms with Gasteiger partial charge in [0.25, 0.3) is 0 Å². The molecule has 0 rings (SSSR count). The topological polar surface area (TPSA) is 55.4 Å². The van der Waals surface area contributed by atoms with Gasteiger partial charge in [0.1, 0.15) is 0 Å². The maximum absolute atomic E-state index is 5.39. The summed E-state index contributed by atoms with van der Waals surface area (Å²) >= 11 is 0. The minimum atomic E-state index is 0.0771. The normalized spacial score (nSPS) is 13.1. The zero-order chi connectivity index (χ0) is 21.6. The molecule has 6 heteroatoms. The third kappa shape index (κ3) is 22.4. The lowest BCUT2D eigenvalue weighted by Crippen LogP contribution is -2.01. The molecular weight excluding hydrogens is 360 g/mol. The quantitative estimate of drug-likeness (QED) is 0.269. The maximum atomic E-state index is 5.39. The molecule has 0 saturated heterocycles. The average Bonchev–Trinajstić information content (AvgIpc) is 2.68. The van der Waals surface area contributed by atoms with Crippen molar-refractivity contribution in [2.45, 2.75) is 52.7 Å². The van der Waals surface area contributed by atoms with E-state index in [0.717, 1.165) is 13.2 Å². The van der Waals surface area contributed by atoms with E-state index in [-0.39, 0.29) is 12.2 Å². The monoisotopic (exact) mass is 400 g/mol. The van der Waals surface area contributed by atoms with Gasteiger partial charge in [-0.2, -0.15) is 0 Å². The SMILES string of the molecule is C=C(CCOCC)OC(=C)CCOCC.COC(C)/C=C/O/C=C/C(C)OC. The van der Waals surface area contributed by atoms with Gasteiger partial charge in [0.05, 0.1) is 49.5 Å². The van der Waals surface area contributed by atoms with E-state index in [4.69, 9.17) is 28.4 Å². The molecule has 0 N–H and O–H groups in total. The largest absolute Gasteiger partial charge is 0.473 e. The number of methoxy groups -OCH3 is 2. The highest BCUT2D eigenvalue weighted by Gasteiger charge is 2.00. The smallest absolute Gasteiger partial charge is 0.0987 e. The lowest BCUT2D eigenvalue weighted by molar-refractivity contribution is 0.125. The molecule has 0 radical (unpaired) electrons. The van der Waals surface area contributed by atoms with E-state index in [2.05, 4.69) is 13.2 Å². The summed E-state index contributed by atoms with van der Waals surface area (Å²) in [6.45, 7) is 18.1. The Morgan fingerprint density at radius 2 is 1.18 bits per heavy atom. The van der Waals surface area contributed by atoms with Crippen LogP contribution < -0.4 is 0 Å². The molecule has 0 aromatic carbocycles. The Morgan fingerprint density at radius 1 is 0.786 bits per heavy atom. The fourth-order valence-corrected chi connectivity index (χ4v) is 1.48. The van der Waals surface area contributed by atoms with Crippen LogP contribution in [-0.4, -0.2) is 52.9 Å². The van der Waals surface area contributed by atoms with E-state index in [0.29, 0.717) is 37.6 Å². The maximum Gasteiger partial charge on any atom is 0.0987 e. The Morgan fingerprint density at radius 3 is 1.50 bits per heavy atom. The first-order chi connectivity index (χ1) is 13.4. The molecule has 6 nitrogen and oxygen atoms in total. The van der Waals surface area contributed by atoms with Crippen molar-refractivity contribution in [3.63, 3.8) is 0 Å². The summed E-state index contributed by atoms with van der Waals surface area (Å²) in [5.41, 5.74) is 0. The molecule has 0 aromatic rings. The van der Waals surface area contributed by atoms with E-state index in [1.165, 1.54) is 0 Å². The van der Waals surface area contributed by atoms with Gasteiger partial charge < -0.3 is 28.4 Å². The van der Waals surface area contributed by atoms with E-state index in [9.17, 15) is 0 Å². The second-order valence-electron chi connectivity index (χ2n) is 5.75. The minimum Gasteiger partial charge on any atom is -0.473 e. The highest BCUT2D eigenvalue weighted by molar-refractivity contribution is 4.93. The minimum absolute atomic E-state index is 0.0771. The first-order valence-corrected chi connectivity index (χ1v) is 9.64. The predicted molar refractivity (Wildman–Crippen MR) is 114 cm³/mol. The predicted octanol–water partition coefficient (Wildman–Crippen LogP) is 4.98. The molecule has 0 heterocycles. The van der Waals surface area contributed by atoms with Crippen LogP contribution in [0.1, 0.15) is 40.5 Å². The van der Waals surface area contributed by atoms with Crippen molar-refractivity contribution < 1.29 is 28.4 Å². The lowest BCUT2D eigenvalue weighted by atomic mass is 10.3. The van der Waals surface area contributed by atoms with Crippen LogP contribution in [0.4, 0.5) is 0 Å². The van der Waals surface area contributed by atoms with Gasteiger partial charge in [-0.25, -0.2) is 0 Å². The van der Waals surface area contributed by atoms with Gasteiger partial charge in [0, 0.05) is 40.3 Å². The summed E-state index contributed by atoms with van der Waals surface area (Å²) < 4.78 is 30.8. The van der Waals surface area contributed by atoms with Crippen molar-refractivity contribution >= 4 is 0 Å². The summed E-state index contributed by atoms with van der Waals surface area (Å²) in [6, 6.07) is 0. The van der Waals surface area contributed by atoms with Crippen molar-refractivity contribution in [1.82, 2.24) is 0 Å². The fraction of sp³-hybridized carbons (Fsp3) is 0.636. The highest BCUT2D eigenvalue weighted by Crippen LogP contribution is 2.10. The van der Waals surface area contributed by atoms with Crippen LogP contribution in [0.2, 0.25) is 0 Å². The molecule has 0 bridgehead atoms. The summed E-state index contributed by atoms with van der Waals surface area (Å²) in [5, 5.41) is 0. The highest BCUT2D eigenvalue weighted by atomic mass is 16.5. The summed E-state index contributed by atoms with van der Waals surface area (Å²) in [6.07, 6.45) is 8.40. The third-order valence-corrected chi connectivity index (χ3v) is 3.35. The van der Waals surface area contributed by atoms with Crippen molar-refractivity contribution in [2.24, 2.45) is 0 Å². The third-order valence-electron chi connectivity index (χ3n) is 3.35. The zero-order valence-corrected chi connectivity index (χ0v) is 18.6. The van der Waals surface area contributed by atoms with Gasteiger partial charge in [-0.1, -0.05) is 13.2 Å². The van der Waals surface area contributed by atoms with Gasteiger partial charge in [0.2, 0.25) is 0 Å². The van der Waals surface area contributed by atoms with Crippen LogP contribution in [0.3, 0.4) is 0 Å². The molecule has 0 aliphatic rings. The second-order valence-corrected chi connectivity index (χ2v) is 5.75. The number of ether oxygens (including phenoxy) is 6. The Bertz CT molecular complexity index is 393. The molecule has 0 aromatic heterocycles. The molecule has 2 unspecified atom stereocenters. The molecule has 28 heavy (non-hydrogen) atoms. The molecule has 0 aliphatic carbocycles. The Labute approximate surface area is 171 Å². The summed E-state index contributed by atoms with van der Waals surface area (Å²) in [4.78, 5) is 0. The average molecular weight is 401 g/mol. The molecular formula is C22H40O6. The fourth-order valence-electron chi connectivity index (χ4n) is 1.48. The summed E-state index contributed by atoms with van der Waals surface area (Å²) in [7, 11) is 3.30. The van der Waals surface area contributed by atoms with Crippen LogP contribution in [-0.2, 0) is 28.4 Å². The molecule has 0 aliphatic heterocycles. The van der Waals surface area contributed by atoms with Gasteiger partial charge in [0.15, 0.2) is 0 Å². The zero-order valence-electron chi connectivity index (χ0n) is 18.6. The van der Waals surface area contributed by atoms with Gasteiger partial charge >= 0.3 is 0 Å². The molecule has 2 atom stereocenters. The van der Waals surface area contributed by atoms with E-state index in [1.807, 2.05) is 39.8 Å². The summed E-state index contributed by atoms with van der Waals surface area (Å²) in [5.74, 6) is 1.40. The van der Waals surface area contributed by atoms with Crippen LogP contribution in [0.5, 0.6) is 0 Å². The lowest BCUT2D eigenvalue weighted by Gasteiger charge is -2.11. The Kier molecular flexibility index (Phi) is 22.2. The van der Waals surface area contributed by atoms with Crippen LogP contribution in [0, 0.1) is 0 Å². The van der Waals surface area contributed by atoms with Gasteiger partial charge in [-0.05, 0) is 39.8 Å². The van der Waals surface area contributed by atoms with Crippen molar-refractivity contribution in [1.29, 1.82) is 0 Å². The van der Waals surface area contributed by atoms with E-state index in [1.54, 1.807) is 26.7 Å².